The van der Waals surface area contributed by atoms with Gasteiger partial charge < -0.3 is 26.2 Å². The zero-order valence-electron chi connectivity index (χ0n) is 16.1. The highest BCUT2D eigenvalue weighted by atomic mass is 16.5. The minimum absolute atomic E-state index is 0.204. The van der Waals surface area contributed by atoms with Gasteiger partial charge in [0.25, 0.3) is 0 Å². The maximum Gasteiger partial charge on any atom is 0.335 e. The number of unbranched alkanes of at least 4 members (excludes halogenated alkanes) is 1. The summed E-state index contributed by atoms with van der Waals surface area (Å²) < 4.78 is 5.66. The lowest BCUT2D eigenvalue weighted by atomic mass is 10.2. The van der Waals surface area contributed by atoms with Gasteiger partial charge in [-0.1, -0.05) is 13.3 Å². The van der Waals surface area contributed by atoms with Crippen molar-refractivity contribution in [2.75, 3.05) is 23.0 Å². The van der Waals surface area contributed by atoms with E-state index in [-0.39, 0.29) is 5.56 Å². The van der Waals surface area contributed by atoms with Gasteiger partial charge in [0.2, 0.25) is 0 Å². The molecule has 0 aliphatic rings. The molecule has 8 nitrogen and oxygen atoms in total. The fourth-order valence-corrected chi connectivity index (χ4v) is 2.53. The number of carboxylic acid groups (broad SMARTS) is 1. The van der Waals surface area contributed by atoms with Gasteiger partial charge in [-0.3, -0.25) is 0 Å². The molecule has 2 aromatic carbocycles. The summed E-state index contributed by atoms with van der Waals surface area (Å²) in [7, 11) is 0. The first-order valence-corrected chi connectivity index (χ1v) is 9.27. The van der Waals surface area contributed by atoms with Gasteiger partial charge in [0, 0.05) is 11.4 Å². The predicted molar refractivity (Wildman–Crippen MR) is 113 cm³/mol. The van der Waals surface area contributed by atoms with Crippen LogP contribution < -0.4 is 21.1 Å². The van der Waals surface area contributed by atoms with Crippen LogP contribution in [-0.2, 0) is 0 Å². The number of carboxylic acids is 1. The van der Waals surface area contributed by atoms with E-state index in [9.17, 15) is 4.79 Å². The van der Waals surface area contributed by atoms with Gasteiger partial charge in [-0.05, 0) is 55.0 Å². The molecule has 5 N–H and O–H groups in total. The average molecular weight is 393 g/mol. The van der Waals surface area contributed by atoms with Gasteiger partial charge in [-0.25, -0.2) is 14.8 Å². The summed E-state index contributed by atoms with van der Waals surface area (Å²) in [5.41, 5.74) is 8.23. The number of nitrogens with two attached hydrogens (primary N) is 1. The predicted octanol–water partition coefficient (Wildman–Crippen LogP) is 4.42. The number of aromatic carboxylic acids is 1. The molecule has 8 heteroatoms. The van der Waals surface area contributed by atoms with E-state index < -0.39 is 5.97 Å². The van der Waals surface area contributed by atoms with Crippen molar-refractivity contribution in [2.45, 2.75) is 19.8 Å². The van der Waals surface area contributed by atoms with Gasteiger partial charge in [-0.15, -0.1) is 0 Å². The maximum absolute atomic E-state index is 11.0. The normalized spacial score (nSPS) is 10.4. The fourth-order valence-electron chi connectivity index (χ4n) is 2.53. The Hall–Kier alpha value is -3.81. The molecule has 0 amide bonds. The van der Waals surface area contributed by atoms with E-state index in [1.165, 1.54) is 18.5 Å². The van der Waals surface area contributed by atoms with Crippen molar-refractivity contribution >= 4 is 34.7 Å². The monoisotopic (exact) mass is 393 g/mol. The third kappa shape index (κ3) is 5.35. The van der Waals surface area contributed by atoms with E-state index in [2.05, 4.69) is 27.5 Å². The second-order valence-electron chi connectivity index (χ2n) is 6.34. The molecule has 0 saturated heterocycles. The Kier molecular flexibility index (Phi) is 6.47. The van der Waals surface area contributed by atoms with E-state index in [1.54, 1.807) is 12.1 Å². The quantitative estimate of drug-likeness (QED) is 0.394. The Balaban J connectivity index is 1.69. The van der Waals surface area contributed by atoms with Crippen LogP contribution in [-0.4, -0.2) is 27.7 Å². The third-order valence-corrected chi connectivity index (χ3v) is 4.16. The SMILES string of the molecule is CCCCOc1ccc(Nc2ncnc(Nc3ccc(C(=O)O)cc3)c2N)cc1. The highest BCUT2D eigenvalue weighted by Gasteiger charge is 2.10. The lowest BCUT2D eigenvalue weighted by Gasteiger charge is -2.13. The molecule has 3 rings (SSSR count). The summed E-state index contributed by atoms with van der Waals surface area (Å²) in [5, 5.41) is 15.2. The zero-order chi connectivity index (χ0) is 20.6. The molecule has 0 spiro atoms. The molecule has 1 heterocycles. The zero-order valence-corrected chi connectivity index (χ0v) is 16.1. The first kappa shape index (κ1) is 19.9. The minimum Gasteiger partial charge on any atom is -0.494 e. The van der Waals surface area contributed by atoms with Gasteiger partial charge in [0.05, 0.1) is 12.2 Å². The minimum atomic E-state index is -0.980. The molecule has 29 heavy (non-hydrogen) atoms. The second-order valence-corrected chi connectivity index (χ2v) is 6.34. The lowest BCUT2D eigenvalue weighted by Crippen LogP contribution is -2.05. The van der Waals surface area contributed by atoms with Crippen LogP contribution in [0.1, 0.15) is 30.1 Å². The van der Waals surface area contributed by atoms with Crippen LogP contribution in [0, 0.1) is 0 Å². The van der Waals surface area contributed by atoms with Crippen molar-refractivity contribution < 1.29 is 14.6 Å². The average Bonchev–Trinajstić information content (AvgIpc) is 2.73. The van der Waals surface area contributed by atoms with Crippen molar-refractivity contribution in [3.63, 3.8) is 0 Å². The van der Waals surface area contributed by atoms with Gasteiger partial charge >= 0.3 is 5.97 Å². The fraction of sp³-hybridized carbons (Fsp3) is 0.190. The number of ether oxygens (including phenoxy) is 1. The Morgan fingerprint density at radius 3 is 2.07 bits per heavy atom. The van der Waals surface area contributed by atoms with Crippen LogP contribution in [0.5, 0.6) is 5.75 Å². The lowest BCUT2D eigenvalue weighted by molar-refractivity contribution is 0.0697. The number of rotatable bonds is 9. The molecule has 0 fully saturated rings. The largest absolute Gasteiger partial charge is 0.494 e. The number of hydrogen-bond donors (Lipinski definition) is 4. The molecular formula is C21H23N5O3. The van der Waals surface area contributed by atoms with E-state index in [0.29, 0.717) is 29.6 Å². The number of nitrogens with one attached hydrogen (secondary N) is 2. The second kappa shape index (κ2) is 9.41. The maximum atomic E-state index is 11.0. The van der Waals surface area contributed by atoms with Crippen LogP contribution in [0.2, 0.25) is 0 Å². The van der Waals surface area contributed by atoms with Crippen molar-refractivity contribution in [1.82, 2.24) is 9.97 Å². The van der Waals surface area contributed by atoms with E-state index in [4.69, 9.17) is 15.6 Å². The Morgan fingerprint density at radius 2 is 1.55 bits per heavy atom. The molecule has 0 radical (unpaired) electrons. The third-order valence-electron chi connectivity index (χ3n) is 4.16. The summed E-state index contributed by atoms with van der Waals surface area (Å²) in [6.45, 7) is 2.82. The number of hydrogen-bond acceptors (Lipinski definition) is 7. The number of nitrogens with zero attached hydrogens (tertiary/aromatic N) is 2. The molecule has 0 unspecified atom stereocenters. The number of aromatic nitrogens is 2. The van der Waals surface area contributed by atoms with E-state index >= 15 is 0 Å². The number of benzene rings is 2. The van der Waals surface area contributed by atoms with Crippen LogP contribution in [0.25, 0.3) is 0 Å². The molecule has 3 aromatic rings. The van der Waals surface area contributed by atoms with Crippen molar-refractivity contribution in [1.29, 1.82) is 0 Å². The van der Waals surface area contributed by atoms with Gasteiger partial charge in [-0.2, -0.15) is 0 Å². The topological polar surface area (TPSA) is 122 Å². The molecule has 0 saturated carbocycles. The summed E-state index contributed by atoms with van der Waals surface area (Å²) in [4.78, 5) is 19.3. The smallest absolute Gasteiger partial charge is 0.335 e. The number of nitrogen functional groups attached to an aromatic ring is 1. The van der Waals surface area contributed by atoms with Crippen LogP contribution in [0.3, 0.4) is 0 Å². The number of anilines is 5. The van der Waals surface area contributed by atoms with Crippen molar-refractivity contribution in [2.24, 2.45) is 0 Å². The van der Waals surface area contributed by atoms with Crippen molar-refractivity contribution in [3.05, 3.63) is 60.4 Å². The Bertz CT molecular complexity index is 959. The van der Waals surface area contributed by atoms with Gasteiger partial charge in [0.1, 0.15) is 17.8 Å². The van der Waals surface area contributed by atoms with Gasteiger partial charge in [0.15, 0.2) is 11.6 Å². The molecule has 1 aromatic heterocycles. The summed E-state index contributed by atoms with van der Waals surface area (Å²) >= 11 is 0. The van der Waals surface area contributed by atoms with Crippen LogP contribution >= 0.6 is 0 Å². The molecule has 0 aliphatic heterocycles. The molecular weight excluding hydrogens is 370 g/mol. The standard InChI is InChI=1S/C21H23N5O3/c1-2-3-12-29-17-10-8-16(9-11-17)26-20-18(22)19(23-13-24-20)25-15-6-4-14(5-7-15)21(27)28/h4-11,13H,2-3,12,22H2,1H3,(H,27,28)(H2,23,24,25,26). The molecule has 0 atom stereocenters. The van der Waals surface area contributed by atoms with E-state index in [1.807, 2.05) is 24.3 Å². The first-order valence-electron chi connectivity index (χ1n) is 9.27. The Labute approximate surface area is 168 Å². The highest BCUT2D eigenvalue weighted by molar-refractivity contribution is 5.88. The molecule has 150 valence electrons. The van der Waals surface area contributed by atoms with Crippen LogP contribution in [0.15, 0.2) is 54.9 Å². The number of carbonyl (C=O) groups is 1. The summed E-state index contributed by atoms with van der Waals surface area (Å²) in [6.07, 6.45) is 3.51. The molecule has 0 bridgehead atoms. The highest BCUT2D eigenvalue weighted by Crippen LogP contribution is 2.28. The van der Waals surface area contributed by atoms with Crippen LogP contribution in [0.4, 0.5) is 28.7 Å². The summed E-state index contributed by atoms with van der Waals surface area (Å²) in [5.74, 6) is 0.715. The summed E-state index contributed by atoms with van der Waals surface area (Å²) in [6, 6.07) is 13.9. The Morgan fingerprint density at radius 1 is 1.00 bits per heavy atom. The first-order chi connectivity index (χ1) is 14.1. The molecule has 0 aliphatic carbocycles. The van der Waals surface area contributed by atoms with E-state index in [0.717, 1.165) is 24.3 Å². The van der Waals surface area contributed by atoms with Crippen molar-refractivity contribution in [3.8, 4) is 5.75 Å².